The Kier molecular flexibility index (Phi) is 7.64. The number of nitrogens with zero attached hydrogens (tertiary/aromatic N) is 2. The molecular weight excluding hydrogens is 462 g/mol. The van der Waals surface area contributed by atoms with Gasteiger partial charge in [-0.1, -0.05) is 78.3 Å². The highest BCUT2D eigenvalue weighted by Crippen LogP contribution is 2.34. The molecule has 4 aromatic rings. The molecule has 0 saturated carbocycles. The van der Waals surface area contributed by atoms with Gasteiger partial charge in [0.1, 0.15) is 11.1 Å². The zero-order chi connectivity index (χ0) is 23.9. The maximum absolute atomic E-state index is 12.5. The molecule has 0 fully saturated rings. The first kappa shape index (κ1) is 23.6. The average molecular weight is 484 g/mol. The number of hydrogen-bond donors (Lipinski definition) is 1. The number of thioether (sulfide) groups is 1. The van der Waals surface area contributed by atoms with E-state index in [1.54, 1.807) is 12.1 Å². The molecule has 0 aliphatic heterocycles. The van der Waals surface area contributed by atoms with E-state index >= 15 is 0 Å². The van der Waals surface area contributed by atoms with Gasteiger partial charge < -0.3 is 5.32 Å². The van der Waals surface area contributed by atoms with Gasteiger partial charge in [-0.2, -0.15) is 5.26 Å². The summed E-state index contributed by atoms with van der Waals surface area (Å²) in [6.07, 6.45) is 0.277. The number of hydrogen-bond acceptors (Lipinski definition) is 4. The van der Waals surface area contributed by atoms with E-state index in [1.165, 1.54) is 11.8 Å². The lowest BCUT2D eigenvalue weighted by Gasteiger charge is -2.13. The van der Waals surface area contributed by atoms with Crippen molar-refractivity contribution >= 4 is 35.0 Å². The van der Waals surface area contributed by atoms with E-state index < -0.39 is 0 Å². The van der Waals surface area contributed by atoms with Crippen LogP contribution in [0, 0.1) is 18.3 Å². The minimum Gasteiger partial charge on any atom is -0.326 e. The summed E-state index contributed by atoms with van der Waals surface area (Å²) < 4.78 is 0. The largest absolute Gasteiger partial charge is 0.326 e. The number of nitriles is 1. The third-order valence-electron chi connectivity index (χ3n) is 5.29. The zero-order valence-corrected chi connectivity index (χ0v) is 20.2. The van der Waals surface area contributed by atoms with Crippen LogP contribution in [0.1, 0.15) is 17.5 Å². The highest BCUT2D eigenvalue weighted by Gasteiger charge is 2.16. The number of halogens is 1. The Morgan fingerprint density at radius 2 is 1.68 bits per heavy atom. The Labute approximate surface area is 208 Å². The van der Waals surface area contributed by atoms with Gasteiger partial charge >= 0.3 is 0 Å². The summed E-state index contributed by atoms with van der Waals surface area (Å²) in [5.41, 5.74) is 5.72. The van der Waals surface area contributed by atoms with Gasteiger partial charge in [-0.3, -0.25) is 4.79 Å². The summed E-state index contributed by atoms with van der Waals surface area (Å²) in [5, 5.41) is 14.1. The number of nitrogens with one attached hydrogen (secondary N) is 1. The van der Waals surface area contributed by atoms with Crippen LogP contribution in [0.5, 0.6) is 0 Å². The summed E-state index contributed by atoms with van der Waals surface area (Å²) in [6, 6.07) is 29.4. The fourth-order valence-electron chi connectivity index (χ4n) is 3.52. The van der Waals surface area contributed by atoms with Gasteiger partial charge in [0, 0.05) is 34.0 Å². The number of carbonyl (C=O) groups is 1. The smallest absolute Gasteiger partial charge is 0.225 e. The quantitative estimate of drug-likeness (QED) is 0.279. The summed E-state index contributed by atoms with van der Waals surface area (Å²) in [5.74, 6) is 0.374. The maximum Gasteiger partial charge on any atom is 0.225 e. The minimum atomic E-state index is -0.112. The van der Waals surface area contributed by atoms with Crippen molar-refractivity contribution in [2.45, 2.75) is 18.4 Å². The van der Waals surface area contributed by atoms with E-state index in [-0.39, 0.29) is 12.3 Å². The molecule has 1 heterocycles. The highest BCUT2D eigenvalue weighted by atomic mass is 35.5. The first-order valence-corrected chi connectivity index (χ1v) is 12.2. The lowest BCUT2D eigenvalue weighted by atomic mass is 9.99. The van der Waals surface area contributed by atoms with Crippen LogP contribution in [0.3, 0.4) is 0 Å². The molecule has 168 valence electrons. The van der Waals surface area contributed by atoms with Crippen molar-refractivity contribution in [3.8, 4) is 28.5 Å². The Hall–Kier alpha value is -3.59. The van der Waals surface area contributed by atoms with Gasteiger partial charge in [-0.05, 0) is 36.2 Å². The van der Waals surface area contributed by atoms with E-state index in [0.29, 0.717) is 27.1 Å². The molecule has 0 spiro atoms. The molecule has 0 aliphatic carbocycles. The number of pyridine rings is 1. The van der Waals surface area contributed by atoms with Crippen LogP contribution in [0.25, 0.3) is 22.4 Å². The number of aryl methyl sites for hydroxylation is 1. The molecular formula is C28H22ClN3OS. The molecule has 0 unspecified atom stereocenters. The van der Waals surface area contributed by atoms with Crippen LogP contribution in [0.4, 0.5) is 5.69 Å². The highest BCUT2D eigenvalue weighted by molar-refractivity contribution is 7.99. The van der Waals surface area contributed by atoms with Crippen molar-refractivity contribution in [1.29, 1.82) is 5.26 Å². The first-order chi connectivity index (χ1) is 16.5. The number of benzene rings is 3. The van der Waals surface area contributed by atoms with Crippen molar-refractivity contribution in [3.63, 3.8) is 0 Å². The maximum atomic E-state index is 12.5. The molecule has 0 saturated heterocycles. The average Bonchev–Trinajstić information content (AvgIpc) is 2.87. The predicted molar refractivity (Wildman–Crippen MR) is 140 cm³/mol. The standard InChI is InChI=1S/C28H22ClN3OS/c1-19-12-13-22(29)16-25(19)31-27(33)14-15-34-28-24(18-30)23(20-8-4-2-5-9-20)17-26(32-28)21-10-6-3-7-11-21/h2-13,16-17H,14-15H2,1H3,(H,31,33). The second-order valence-electron chi connectivity index (χ2n) is 7.68. The molecule has 3 aromatic carbocycles. The molecule has 0 aliphatic rings. The summed E-state index contributed by atoms with van der Waals surface area (Å²) in [6.45, 7) is 1.92. The molecule has 34 heavy (non-hydrogen) atoms. The van der Waals surface area contributed by atoms with E-state index in [1.807, 2.05) is 79.7 Å². The molecule has 0 radical (unpaired) electrons. The van der Waals surface area contributed by atoms with Crippen molar-refractivity contribution in [2.24, 2.45) is 0 Å². The fourth-order valence-corrected chi connectivity index (χ4v) is 4.63. The lowest BCUT2D eigenvalue weighted by Crippen LogP contribution is -2.13. The van der Waals surface area contributed by atoms with Crippen LogP contribution >= 0.6 is 23.4 Å². The van der Waals surface area contributed by atoms with Gasteiger partial charge in [-0.15, -0.1) is 11.8 Å². The molecule has 4 rings (SSSR count). The first-order valence-electron chi connectivity index (χ1n) is 10.8. The fraction of sp³-hybridized carbons (Fsp3) is 0.107. The van der Waals surface area contributed by atoms with E-state index in [9.17, 15) is 10.1 Å². The third-order valence-corrected chi connectivity index (χ3v) is 6.51. The SMILES string of the molecule is Cc1ccc(Cl)cc1NC(=O)CCSc1nc(-c2ccccc2)cc(-c2ccccc2)c1C#N. The Morgan fingerprint density at radius 3 is 2.35 bits per heavy atom. The number of anilines is 1. The molecule has 4 nitrogen and oxygen atoms in total. The zero-order valence-electron chi connectivity index (χ0n) is 18.6. The number of aromatic nitrogens is 1. The summed E-state index contributed by atoms with van der Waals surface area (Å²) in [7, 11) is 0. The van der Waals surface area contributed by atoms with Crippen LogP contribution in [0.15, 0.2) is 90.0 Å². The van der Waals surface area contributed by atoms with Crippen LogP contribution in [0.2, 0.25) is 5.02 Å². The predicted octanol–water partition coefficient (Wildman–Crippen LogP) is 7.37. The number of carbonyl (C=O) groups excluding carboxylic acids is 1. The van der Waals surface area contributed by atoms with Gasteiger partial charge in [0.05, 0.1) is 11.3 Å². The van der Waals surface area contributed by atoms with E-state index in [2.05, 4.69) is 11.4 Å². The van der Waals surface area contributed by atoms with Crippen molar-refractivity contribution in [2.75, 3.05) is 11.1 Å². The van der Waals surface area contributed by atoms with Crippen molar-refractivity contribution in [3.05, 3.63) is 101 Å². The van der Waals surface area contributed by atoms with Crippen molar-refractivity contribution < 1.29 is 4.79 Å². The topological polar surface area (TPSA) is 65.8 Å². The second kappa shape index (κ2) is 11.0. The second-order valence-corrected chi connectivity index (χ2v) is 9.21. The number of amides is 1. The van der Waals surface area contributed by atoms with E-state index in [0.717, 1.165) is 27.9 Å². The normalized spacial score (nSPS) is 10.5. The monoisotopic (exact) mass is 483 g/mol. The molecule has 0 atom stereocenters. The van der Waals surface area contributed by atoms with Crippen LogP contribution in [-0.2, 0) is 4.79 Å². The summed E-state index contributed by atoms with van der Waals surface area (Å²) >= 11 is 7.47. The molecule has 6 heteroatoms. The Bertz CT molecular complexity index is 1350. The minimum absolute atomic E-state index is 0.112. The van der Waals surface area contributed by atoms with Gasteiger partial charge in [0.2, 0.25) is 5.91 Å². The Balaban J connectivity index is 1.58. The molecule has 1 aromatic heterocycles. The summed E-state index contributed by atoms with van der Waals surface area (Å²) in [4.78, 5) is 17.3. The van der Waals surface area contributed by atoms with Gasteiger partial charge in [-0.25, -0.2) is 4.98 Å². The molecule has 1 amide bonds. The number of rotatable bonds is 7. The van der Waals surface area contributed by atoms with Gasteiger partial charge in [0.15, 0.2) is 0 Å². The Morgan fingerprint density at radius 1 is 1.00 bits per heavy atom. The van der Waals surface area contributed by atoms with E-state index in [4.69, 9.17) is 16.6 Å². The van der Waals surface area contributed by atoms with Crippen LogP contribution < -0.4 is 5.32 Å². The molecule has 1 N–H and O–H groups in total. The van der Waals surface area contributed by atoms with Gasteiger partial charge in [0.25, 0.3) is 0 Å². The lowest BCUT2D eigenvalue weighted by molar-refractivity contribution is -0.115. The molecule has 0 bridgehead atoms. The third kappa shape index (κ3) is 5.66. The van der Waals surface area contributed by atoms with Crippen LogP contribution in [-0.4, -0.2) is 16.6 Å². The van der Waals surface area contributed by atoms with Crippen molar-refractivity contribution in [1.82, 2.24) is 4.98 Å².